The van der Waals surface area contributed by atoms with E-state index in [4.69, 9.17) is 10.5 Å². The van der Waals surface area contributed by atoms with Crippen LogP contribution in [0.15, 0.2) is 30.7 Å². The van der Waals surface area contributed by atoms with Crippen LogP contribution in [0.5, 0.6) is 5.75 Å². The Kier molecular flexibility index (Phi) is 6.70. The van der Waals surface area contributed by atoms with E-state index in [2.05, 4.69) is 31.4 Å². The molecule has 0 amide bonds. The number of hydrogen-bond donors (Lipinski definition) is 1. The van der Waals surface area contributed by atoms with Crippen LogP contribution >= 0.6 is 0 Å². The lowest BCUT2D eigenvalue weighted by Gasteiger charge is -2.35. The molecule has 3 heterocycles. The van der Waals surface area contributed by atoms with E-state index in [1.165, 1.54) is 0 Å². The van der Waals surface area contributed by atoms with Crippen LogP contribution in [0.25, 0.3) is 11.1 Å². The van der Waals surface area contributed by atoms with Gasteiger partial charge in [-0.25, -0.2) is 0 Å². The molecule has 0 unspecified atom stereocenters. The summed E-state index contributed by atoms with van der Waals surface area (Å²) in [6, 6.07) is 8.02. The molecule has 10 nitrogen and oxygen atoms in total. The maximum absolute atomic E-state index is 10.2. The molecule has 0 radical (unpaired) electrons. The molecule has 0 bridgehead atoms. The summed E-state index contributed by atoms with van der Waals surface area (Å²) in [5, 5.41) is 26.4. The van der Waals surface area contributed by atoms with Crippen molar-refractivity contribution in [1.82, 2.24) is 29.9 Å². The number of nitrogens with two attached hydrogens (primary N) is 1. The molecule has 0 spiro atoms. The van der Waals surface area contributed by atoms with Crippen molar-refractivity contribution in [3.05, 3.63) is 42.1 Å². The molecule has 3 aromatic rings. The Morgan fingerprint density at radius 2 is 2.00 bits per heavy atom. The van der Waals surface area contributed by atoms with E-state index in [-0.39, 0.29) is 0 Å². The predicted octanol–water partition coefficient (Wildman–Crippen LogP) is 2.05. The minimum absolute atomic E-state index is 0.334. The van der Waals surface area contributed by atoms with Crippen LogP contribution in [0.4, 0.5) is 11.5 Å². The number of rotatable bonds is 7. The van der Waals surface area contributed by atoms with Gasteiger partial charge in [0.15, 0.2) is 0 Å². The van der Waals surface area contributed by atoms with Crippen molar-refractivity contribution in [2.75, 3.05) is 51.0 Å². The lowest BCUT2D eigenvalue weighted by molar-refractivity contribution is 0.261. The minimum Gasteiger partial charge on any atom is -0.491 e. The number of nitrogen functional groups attached to an aromatic ring is 1. The highest BCUT2D eigenvalue weighted by Gasteiger charge is 2.28. The molecule has 1 aliphatic heterocycles. The highest BCUT2D eigenvalue weighted by atomic mass is 16.5. The molecule has 10 heteroatoms. The Morgan fingerprint density at radius 1 is 1.21 bits per heavy atom. The largest absolute Gasteiger partial charge is 0.491 e. The maximum atomic E-state index is 10.2. The van der Waals surface area contributed by atoms with Gasteiger partial charge in [0, 0.05) is 43.7 Å². The summed E-state index contributed by atoms with van der Waals surface area (Å²) in [6.07, 6.45) is 5.25. The van der Waals surface area contributed by atoms with E-state index in [1.54, 1.807) is 18.6 Å². The molecule has 1 fully saturated rings. The van der Waals surface area contributed by atoms with Crippen molar-refractivity contribution in [3.63, 3.8) is 0 Å². The van der Waals surface area contributed by atoms with Gasteiger partial charge in [-0.2, -0.15) is 10.4 Å². The first kappa shape index (κ1) is 22.5. The van der Waals surface area contributed by atoms with Crippen molar-refractivity contribution in [2.24, 2.45) is 7.05 Å². The fourth-order valence-electron chi connectivity index (χ4n) is 4.25. The molecule has 0 atom stereocenters. The summed E-state index contributed by atoms with van der Waals surface area (Å²) >= 11 is 0. The van der Waals surface area contributed by atoms with Crippen LogP contribution in [0.3, 0.4) is 0 Å². The summed E-state index contributed by atoms with van der Waals surface area (Å²) in [7, 11) is 5.96. The van der Waals surface area contributed by atoms with Gasteiger partial charge in [-0.15, -0.1) is 15.3 Å². The quantitative estimate of drug-likeness (QED) is 0.580. The monoisotopic (exact) mass is 447 g/mol. The van der Waals surface area contributed by atoms with E-state index < -0.39 is 0 Å². The lowest BCUT2D eigenvalue weighted by atomic mass is 9.93. The Balaban J connectivity index is 1.69. The van der Waals surface area contributed by atoms with Gasteiger partial charge in [0.1, 0.15) is 42.0 Å². The first-order chi connectivity index (χ1) is 16.0. The van der Waals surface area contributed by atoms with Gasteiger partial charge >= 0.3 is 0 Å². The average molecular weight is 448 g/mol. The van der Waals surface area contributed by atoms with E-state index >= 15 is 0 Å². The Morgan fingerprint density at radius 3 is 2.64 bits per heavy atom. The van der Waals surface area contributed by atoms with Crippen molar-refractivity contribution in [3.8, 4) is 22.9 Å². The Bertz CT molecular complexity index is 1140. The first-order valence-electron chi connectivity index (χ1n) is 11.0. The zero-order valence-electron chi connectivity index (χ0n) is 19.3. The summed E-state index contributed by atoms with van der Waals surface area (Å²) in [5.74, 6) is 2.26. The molecular weight excluding hydrogens is 418 g/mol. The van der Waals surface area contributed by atoms with Crippen molar-refractivity contribution in [1.29, 1.82) is 5.26 Å². The third-order valence-corrected chi connectivity index (χ3v) is 5.95. The number of aryl methyl sites for hydroxylation is 1. The number of likely N-dealkylation sites (N-methyl/N-ethyl adjacent to an activating group) is 1. The second kappa shape index (κ2) is 9.83. The highest BCUT2D eigenvalue weighted by Crippen LogP contribution is 2.41. The number of nitrogens with zero attached hydrogens (tertiary/aromatic N) is 8. The van der Waals surface area contributed by atoms with Gasteiger partial charge in [0.25, 0.3) is 0 Å². The molecule has 1 saturated heterocycles. The average Bonchev–Trinajstić information content (AvgIpc) is 3.24. The van der Waals surface area contributed by atoms with E-state index in [9.17, 15) is 5.26 Å². The number of hydrogen-bond acceptors (Lipinski definition) is 9. The smallest absolute Gasteiger partial charge is 0.146 e. The van der Waals surface area contributed by atoms with Crippen LogP contribution in [-0.4, -0.2) is 70.2 Å². The van der Waals surface area contributed by atoms with E-state index in [0.29, 0.717) is 29.7 Å². The molecule has 172 valence electrons. The fourth-order valence-corrected chi connectivity index (χ4v) is 4.25. The summed E-state index contributed by atoms with van der Waals surface area (Å²) < 4.78 is 8.00. The number of anilines is 2. The second-order valence-corrected chi connectivity index (χ2v) is 8.53. The van der Waals surface area contributed by atoms with Crippen LogP contribution < -0.4 is 15.4 Å². The van der Waals surface area contributed by atoms with Gasteiger partial charge in [-0.3, -0.25) is 0 Å². The fraction of sp³-hybridized carbons (Fsp3) is 0.435. The van der Waals surface area contributed by atoms with Crippen molar-refractivity contribution < 1.29 is 4.74 Å². The van der Waals surface area contributed by atoms with Gasteiger partial charge in [-0.1, -0.05) is 0 Å². The van der Waals surface area contributed by atoms with E-state index in [0.717, 1.165) is 55.1 Å². The molecule has 33 heavy (non-hydrogen) atoms. The Hall–Kier alpha value is -3.71. The first-order valence-corrected chi connectivity index (χ1v) is 11.0. The highest BCUT2D eigenvalue weighted by molar-refractivity contribution is 5.85. The molecule has 0 saturated carbocycles. The molecule has 2 N–H and O–H groups in total. The van der Waals surface area contributed by atoms with Gasteiger partial charge in [0.05, 0.1) is 11.9 Å². The normalized spacial score (nSPS) is 14.5. The zero-order chi connectivity index (χ0) is 23.4. The van der Waals surface area contributed by atoms with Crippen molar-refractivity contribution in [2.45, 2.75) is 18.8 Å². The zero-order valence-corrected chi connectivity index (χ0v) is 19.3. The maximum Gasteiger partial charge on any atom is 0.146 e. The SMILES string of the molecule is CN(C)CCOc1ccc(-c2cnnc(N)c2)c(N2CCC(c3nncn3C)CC2)c1C#N. The number of piperidine rings is 1. The lowest BCUT2D eigenvalue weighted by Crippen LogP contribution is -2.34. The molecular formula is C23H29N9O. The van der Waals surface area contributed by atoms with Crippen LogP contribution in [-0.2, 0) is 7.05 Å². The third kappa shape index (κ3) is 4.88. The van der Waals surface area contributed by atoms with Crippen LogP contribution in [0.2, 0.25) is 0 Å². The standard InChI is InChI=1S/C23H29N9O/c1-30(2)10-11-33-20-5-4-18(17-12-21(25)28-26-14-17)22(19(20)13-24)32-8-6-16(7-9-32)23-29-27-15-31(23)3/h4-5,12,14-16H,6-11H2,1-3H3,(H2,25,28). The summed E-state index contributed by atoms with van der Waals surface area (Å²) in [4.78, 5) is 4.31. The van der Waals surface area contributed by atoms with Gasteiger partial charge in [-0.05, 0) is 45.1 Å². The van der Waals surface area contributed by atoms with Gasteiger partial charge < -0.3 is 24.8 Å². The third-order valence-electron chi connectivity index (χ3n) is 5.95. The Labute approximate surface area is 193 Å². The molecule has 2 aromatic heterocycles. The van der Waals surface area contributed by atoms with Crippen LogP contribution in [0, 0.1) is 11.3 Å². The summed E-state index contributed by atoms with van der Waals surface area (Å²) in [6.45, 7) is 2.83. The number of aromatic nitrogens is 5. The van der Waals surface area contributed by atoms with Gasteiger partial charge in [0.2, 0.25) is 0 Å². The molecule has 1 aromatic carbocycles. The summed E-state index contributed by atoms with van der Waals surface area (Å²) in [5.41, 5.74) is 9.00. The predicted molar refractivity (Wildman–Crippen MR) is 126 cm³/mol. The second-order valence-electron chi connectivity index (χ2n) is 8.53. The molecule has 0 aliphatic carbocycles. The molecule has 1 aliphatic rings. The number of benzene rings is 1. The number of nitriles is 1. The topological polar surface area (TPSA) is 122 Å². The molecule has 4 rings (SSSR count). The van der Waals surface area contributed by atoms with E-state index in [1.807, 2.05) is 42.7 Å². The van der Waals surface area contributed by atoms with Crippen molar-refractivity contribution >= 4 is 11.5 Å². The number of ether oxygens (including phenoxy) is 1. The minimum atomic E-state index is 0.334. The van der Waals surface area contributed by atoms with Crippen LogP contribution in [0.1, 0.15) is 30.1 Å².